The van der Waals surface area contributed by atoms with Gasteiger partial charge in [-0.15, -0.1) is 12.4 Å². The van der Waals surface area contributed by atoms with Crippen LogP contribution in [0.3, 0.4) is 0 Å². The lowest BCUT2D eigenvalue weighted by atomic mass is 9.93. The fraction of sp³-hybridized carbons (Fsp3) is 0.632. The maximum atomic E-state index is 13.6. The first-order chi connectivity index (χ1) is 12.2. The van der Waals surface area contributed by atoms with E-state index in [2.05, 4.69) is 10.6 Å². The van der Waals surface area contributed by atoms with Crippen molar-refractivity contribution in [2.75, 3.05) is 31.6 Å². The maximum Gasteiger partial charge on any atom is 0.224 e. The molecular weight excluding hydrogens is 359 g/mol. The van der Waals surface area contributed by atoms with Gasteiger partial charge in [0.25, 0.3) is 0 Å². The first-order valence-electron chi connectivity index (χ1n) is 9.25. The van der Waals surface area contributed by atoms with Gasteiger partial charge in [0, 0.05) is 19.1 Å². The van der Waals surface area contributed by atoms with Gasteiger partial charge < -0.3 is 20.1 Å². The molecule has 146 valence electrons. The average molecular weight is 387 g/mol. The zero-order chi connectivity index (χ0) is 17.5. The molecule has 2 N–H and O–H groups in total. The fourth-order valence-electron chi connectivity index (χ4n) is 3.40. The van der Waals surface area contributed by atoms with Crippen molar-refractivity contribution in [3.63, 3.8) is 0 Å². The van der Waals surface area contributed by atoms with Gasteiger partial charge in [-0.1, -0.05) is 0 Å². The summed E-state index contributed by atoms with van der Waals surface area (Å²) in [6.45, 7) is 3.23. The molecule has 7 heteroatoms. The number of hydrogen-bond donors (Lipinski definition) is 2. The molecule has 2 aliphatic heterocycles. The number of piperidine rings is 1. The molecular formula is C19H28ClFN2O3. The molecule has 0 spiro atoms. The smallest absolute Gasteiger partial charge is 0.224 e. The van der Waals surface area contributed by atoms with E-state index < -0.39 is 5.82 Å². The lowest BCUT2D eigenvalue weighted by Crippen LogP contribution is -2.28. The van der Waals surface area contributed by atoms with E-state index in [1.165, 1.54) is 12.1 Å². The second-order valence-corrected chi connectivity index (χ2v) is 6.87. The Morgan fingerprint density at radius 1 is 1.31 bits per heavy atom. The normalized spacial score (nSPS) is 20.4. The standard InChI is InChI=1S/C19H27FN2O3.ClH/c20-15-4-5-18(25-13-16-2-1-11-24-16)17(12-15)22-19(23)6-3-14-7-9-21-10-8-14;/h4-5,12,14,16,21H,1-3,6-11,13H2,(H,22,23);1H. The van der Waals surface area contributed by atoms with Crippen molar-refractivity contribution in [1.82, 2.24) is 5.32 Å². The third-order valence-corrected chi connectivity index (χ3v) is 4.90. The van der Waals surface area contributed by atoms with E-state index in [0.717, 1.165) is 51.8 Å². The van der Waals surface area contributed by atoms with E-state index in [9.17, 15) is 9.18 Å². The largest absolute Gasteiger partial charge is 0.489 e. The fourth-order valence-corrected chi connectivity index (χ4v) is 3.40. The van der Waals surface area contributed by atoms with Crippen LogP contribution in [0.5, 0.6) is 5.75 Å². The lowest BCUT2D eigenvalue weighted by molar-refractivity contribution is -0.116. The Hall–Kier alpha value is -1.37. The van der Waals surface area contributed by atoms with E-state index >= 15 is 0 Å². The van der Waals surface area contributed by atoms with Gasteiger partial charge in [0.05, 0.1) is 11.8 Å². The molecule has 0 aromatic heterocycles. The second kappa shape index (κ2) is 10.7. The summed E-state index contributed by atoms with van der Waals surface area (Å²) in [6.07, 6.45) is 5.64. The predicted molar refractivity (Wildman–Crippen MR) is 102 cm³/mol. The third kappa shape index (κ3) is 6.41. The molecule has 0 radical (unpaired) electrons. The molecule has 1 unspecified atom stereocenters. The number of hydrogen-bond acceptors (Lipinski definition) is 4. The second-order valence-electron chi connectivity index (χ2n) is 6.87. The van der Waals surface area contributed by atoms with Gasteiger partial charge in [-0.2, -0.15) is 0 Å². The molecule has 0 aliphatic carbocycles. The molecule has 1 aromatic rings. The van der Waals surface area contributed by atoms with E-state index in [-0.39, 0.29) is 24.4 Å². The van der Waals surface area contributed by atoms with Crippen LogP contribution in [-0.2, 0) is 9.53 Å². The Balaban J connectivity index is 0.00000243. The molecule has 1 aromatic carbocycles. The summed E-state index contributed by atoms with van der Waals surface area (Å²) < 4.78 is 24.9. The molecule has 2 saturated heterocycles. The van der Waals surface area contributed by atoms with E-state index in [0.29, 0.717) is 30.4 Å². The summed E-state index contributed by atoms with van der Waals surface area (Å²) in [5.41, 5.74) is 0.397. The molecule has 2 aliphatic rings. The van der Waals surface area contributed by atoms with Gasteiger partial charge in [-0.05, 0) is 63.2 Å². The van der Waals surface area contributed by atoms with Crippen molar-refractivity contribution in [2.45, 2.75) is 44.6 Å². The maximum absolute atomic E-state index is 13.6. The Kier molecular flexibility index (Phi) is 8.62. The summed E-state index contributed by atoms with van der Waals surface area (Å²) in [5.74, 6) is 0.603. The molecule has 5 nitrogen and oxygen atoms in total. The summed E-state index contributed by atoms with van der Waals surface area (Å²) in [6, 6.07) is 4.22. The molecule has 0 saturated carbocycles. The van der Waals surface area contributed by atoms with Crippen molar-refractivity contribution in [3.8, 4) is 5.75 Å². The van der Waals surface area contributed by atoms with Crippen LogP contribution in [0.4, 0.5) is 10.1 Å². The third-order valence-electron chi connectivity index (χ3n) is 4.90. The van der Waals surface area contributed by atoms with Crippen LogP contribution in [0.15, 0.2) is 18.2 Å². The van der Waals surface area contributed by atoms with Crippen LogP contribution in [0, 0.1) is 11.7 Å². The van der Waals surface area contributed by atoms with Crippen molar-refractivity contribution >= 4 is 24.0 Å². The highest BCUT2D eigenvalue weighted by Crippen LogP contribution is 2.27. The number of anilines is 1. The summed E-state index contributed by atoms with van der Waals surface area (Å²) in [5, 5.41) is 6.13. The van der Waals surface area contributed by atoms with E-state index in [4.69, 9.17) is 9.47 Å². The summed E-state index contributed by atoms with van der Waals surface area (Å²) >= 11 is 0. The summed E-state index contributed by atoms with van der Waals surface area (Å²) in [7, 11) is 0. The first-order valence-corrected chi connectivity index (χ1v) is 9.25. The SMILES string of the molecule is Cl.O=C(CCC1CCNCC1)Nc1cc(F)ccc1OCC1CCCO1. The van der Waals surface area contributed by atoms with Gasteiger partial charge in [0.2, 0.25) is 5.91 Å². The lowest BCUT2D eigenvalue weighted by Gasteiger charge is -2.22. The van der Waals surface area contributed by atoms with Crippen LogP contribution in [0.2, 0.25) is 0 Å². The van der Waals surface area contributed by atoms with Crippen molar-refractivity contribution in [3.05, 3.63) is 24.0 Å². The highest BCUT2D eigenvalue weighted by molar-refractivity contribution is 5.92. The van der Waals surface area contributed by atoms with Gasteiger partial charge >= 0.3 is 0 Å². The topological polar surface area (TPSA) is 59.6 Å². The Labute approximate surface area is 160 Å². The zero-order valence-electron chi connectivity index (χ0n) is 15.0. The molecule has 2 fully saturated rings. The highest BCUT2D eigenvalue weighted by atomic mass is 35.5. The quantitative estimate of drug-likeness (QED) is 0.752. The number of rotatable bonds is 7. The molecule has 1 atom stereocenters. The van der Waals surface area contributed by atoms with Crippen LogP contribution < -0.4 is 15.4 Å². The number of amides is 1. The van der Waals surface area contributed by atoms with Crippen molar-refractivity contribution < 1.29 is 18.7 Å². The van der Waals surface area contributed by atoms with Gasteiger partial charge in [-0.25, -0.2) is 4.39 Å². The minimum absolute atomic E-state index is 0. The Bertz CT molecular complexity index is 576. The van der Waals surface area contributed by atoms with Crippen molar-refractivity contribution in [2.24, 2.45) is 5.92 Å². The number of carbonyl (C=O) groups is 1. The van der Waals surface area contributed by atoms with Gasteiger partial charge in [0.15, 0.2) is 0 Å². The van der Waals surface area contributed by atoms with Crippen LogP contribution in [0.1, 0.15) is 38.5 Å². The minimum Gasteiger partial charge on any atom is -0.489 e. The van der Waals surface area contributed by atoms with Gasteiger partial charge in [-0.3, -0.25) is 4.79 Å². The highest BCUT2D eigenvalue weighted by Gasteiger charge is 2.18. The number of nitrogens with one attached hydrogen (secondary N) is 2. The monoisotopic (exact) mass is 386 g/mol. The van der Waals surface area contributed by atoms with E-state index in [1.807, 2.05) is 0 Å². The van der Waals surface area contributed by atoms with Gasteiger partial charge in [0.1, 0.15) is 18.2 Å². The molecule has 3 rings (SSSR count). The molecule has 26 heavy (non-hydrogen) atoms. The number of benzene rings is 1. The molecule has 1 amide bonds. The van der Waals surface area contributed by atoms with E-state index in [1.54, 1.807) is 6.07 Å². The number of ether oxygens (including phenoxy) is 2. The van der Waals surface area contributed by atoms with Crippen LogP contribution in [-0.4, -0.2) is 38.3 Å². The average Bonchev–Trinajstić information content (AvgIpc) is 3.14. The van der Waals surface area contributed by atoms with Crippen molar-refractivity contribution in [1.29, 1.82) is 0 Å². The first kappa shape index (κ1) is 20.9. The zero-order valence-corrected chi connectivity index (χ0v) is 15.8. The molecule has 2 heterocycles. The predicted octanol–water partition coefficient (Wildman–Crippen LogP) is 3.52. The Morgan fingerprint density at radius 2 is 2.12 bits per heavy atom. The number of carbonyl (C=O) groups excluding carboxylic acids is 1. The minimum atomic E-state index is -0.391. The summed E-state index contributed by atoms with van der Waals surface area (Å²) in [4.78, 5) is 12.2. The molecule has 0 bridgehead atoms. The van der Waals surface area contributed by atoms with Crippen LogP contribution >= 0.6 is 12.4 Å². The van der Waals surface area contributed by atoms with Crippen LogP contribution in [0.25, 0.3) is 0 Å². The number of halogens is 2. The Morgan fingerprint density at radius 3 is 2.85 bits per heavy atom.